The number of benzene rings is 3. The van der Waals surface area contributed by atoms with Gasteiger partial charge in [-0.05, 0) is 61.1 Å². The van der Waals surface area contributed by atoms with Gasteiger partial charge in [0, 0.05) is 22.8 Å². The van der Waals surface area contributed by atoms with E-state index in [0.29, 0.717) is 17.7 Å². The van der Waals surface area contributed by atoms with Crippen molar-refractivity contribution in [3.63, 3.8) is 0 Å². The highest BCUT2D eigenvalue weighted by Gasteiger charge is 2.11. The van der Waals surface area contributed by atoms with Gasteiger partial charge in [-0.15, -0.1) is 0 Å². The van der Waals surface area contributed by atoms with E-state index in [4.69, 9.17) is 9.47 Å². The number of carbonyl (C=O) groups is 2. The Bertz CT molecular complexity index is 1210. The number of carbonyl (C=O) groups excluding carboxylic acids is 2. The van der Waals surface area contributed by atoms with Crippen LogP contribution in [-0.2, 0) is 20.7 Å². The minimum atomic E-state index is -0.589. The van der Waals surface area contributed by atoms with Gasteiger partial charge in [0.2, 0.25) is 0 Å². The van der Waals surface area contributed by atoms with Crippen molar-refractivity contribution in [1.29, 1.82) is 0 Å². The van der Waals surface area contributed by atoms with Crippen LogP contribution in [0.1, 0.15) is 25.8 Å². The lowest BCUT2D eigenvalue weighted by Gasteiger charge is -2.09. The van der Waals surface area contributed by atoms with E-state index in [0.717, 1.165) is 35.1 Å². The van der Waals surface area contributed by atoms with E-state index < -0.39 is 11.8 Å². The highest BCUT2D eigenvalue weighted by molar-refractivity contribution is 5.89. The number of rotatable bonds is 9. The van der Waals surface area contributed by atoms with Crippen LogP contribution in [0.3, 0.4) is 0 Å². The van der Waals surface area contributed by atoms with Gasteiger partial charge in [0.25, 0.3) is 0 Å². The second kappa shape index (κ2) is 11.2. The summed E-state index contributed by atoms with van der Waals surface area (Å²) in [5, 5.41) is 0. The van der Waals surface area contributed by atoms with Crippen LogP contribution >= 0.6 is 0 Å². The predicted molar refractivity (Wildman–Crippen MR) is 132 cm³/mol. The number of aryl methyl sites for hydroxylation is 1. The van der Waals surface area contributed by atoms with Crippen LogP contribution in [0.15, 0.2) is 91.0 Å². The van der Waals surface area contributed by atoms with Gasteiger partial charge < -0.3 is 9.47 Å². The molecule has 0 spiro atoms. The summed E-state index contributed by atoms with van der Waals surface area (Å²) in [6, 6.07) is 20.1. The molecule has 0 aliphatic heterocycles. The van der Waals surface area contributed by atoms with E-state index in [9.17, 15) is 14.0 Å². The molecule has 4 nitrogen and oxygen atoms in total. The molecule has 0 amide bonds. The highest BCUT2D eigenvalue weighted by atomic mass is 19.1. The van der Waals surface area contributed by atoms with Crippen molar-refractivity contribution < 1.29 is 23.5 Å². The summed E-state index contributed by atoms with van der Waals surface area (Å²) >= 11 is 0. The van der Waals surface area contributed by atoms with Gasteiger partial charge >= 0.3 is 11.9 Å². The summed E-state index contributed by atoms with van der Waals surface area (Å²) in [5.41, 5.74) is 5.01. The minimum absolute atomic E-state index is 0.139. The van der Waals surface area contributed by atoms with Crippen molar-refractivity contribution in [3.8, 4) is 28.0 Å². The Morgan fingerprint density at radius 1 is 0.794 bits per heavy atom. The van der Waals surface area contributed by atoms with E-state index in [2.05, 4.69) is 25.3 Å². The molecule has 0 fully saturated rings. The third kappa shape index (κ3) is 6.51. The number of halogens is 1. The zero-order valence-electron chi connectivity index (χ0n) is 19.4. The van der Waals surface area contributed by atoms with Gasteiger partial charge in [0.1, 0.15) is 11.6 Å². The largest absolute Gasteiger partial charge is 0.462 e. The molecule has 3 rings (SSSR count). The first-order valence-electron chi connectivity index (χ1n) is 10.9. The summed E-state index contributed by atoms with van der Waals surface area (Å²) in [4.78, 5) is 23.0. The summed E-state index contributed by atoms with van der Waals surface area (Å²) in [5.74, 6) is -1.28. The van der Waals surface area contributed by atoms with E-state index in [1.807, 2.05) is 36.4 Å². The van der Waals surface area contributed by atoms with Gasteiger partial charge in [-0.3, -0.25) is 0 Å². The fraction of sp³-hybridized carbons (Fsp3) is 0.172. The number of ether oxygens (including phenoxy) is 2. The summed E-state index contributed by atoms with van der Waals surface area (Å²) < 4.78 is 24.8. The molecule has 0 heterocycles. The molecular weight excluding hydrogens is 431 g/mol. The molecule has 3 aromatic rings. The molecular formula is C29H27FO4. The molecule has 0 aliphatic carbocycles. The fourth-order valence-electron chi connectivity index (χ4n) is 3.26. The maximum absolute atomic E-state index is 14.6. The Morgan fingerprint density at radius 2 is 1.35 bits per heavy atom. The molecule has 0 aromatic heterocycles. The van der Waals surface area contributed by atoms with Crippen molar-refractivity contribution >= 4 is 11.9 Å². The summed E-state index contributed by atoms with van der Waals surface area (Å²) in [6.45, 7) is 10.6. The second-order valence-corrected chi connectivity index (χ2v) is 8.11. The molecule has 0 radical (unpaired) electrons. The molecule has 3 aromatic carbocycles. The normalized spacial score (nSPS) is 10.4. The molecule has 0 saturated heterocycles. The molecule has 0 aliphatic rings. The first-order valence-corrected chi connectivity index (χ1v) is 10.9. The Morgan fingerprint density at radius 3 is 1.91 bits per heavy atom. The number of hydrogen-bond acceptors (Lipinski definition) is 4. The second-order valence-electron chi connectivity index (χ2n) is 8.11. The molecule has 0 saturated carbocycles. The van der Waals surface area contributed by atoms with Crippen molar-refractivity contribution in [2.45, 2.75) is 26.7 Å². The maximum Gasteiger partial charge on any atom is 0.338 e. The van der Waals surface area contributed by atoms with E-state index in [1.165, 1.54) is 13.0 Å². The average Bonchev–Trinajstić information content (AvgIpc) is 2.82. The van der Waals surface area contributed by atoms with E-state index in [-0.39, 0.29) is 17.3 Å². The lowest BCUT2D eigenvalue weighted by molar-refractivity contribution is -0.139. The van der Waals surface area contributed by atoms with Crippen LogP contribution in [0.4, 0.5) is 4.39 Å². The van der Waals surface area contributed by atoms with Crippen LogP contribution in [0.25, 0.3) is 22.3 Å². The molecule has 0 N–H and O–H groups in total. The first kappa shape index (κ1) is 24.6. The number of hydrogen-bond donors (Lipinski definition) is 0. The van der Waals surface area contributed by atoms with Gasteiger partial charge in [-0.25, -0.2) is 14.0 Å². The fourth-order valence-corrected chi connectivity index (χ4v) is 3.26. The Balaban J connectivity index is 1.62. The summed E-state index contributed by atoms with van der Waals surface area (Å²) in [6.07, 6.45) is 1.55. The van der Waals surface area contributed by atoms with E-state index in [1.54, 1.807) is 19.1 Å². The molecule has 5 heteroatoms. The van der Waals surface area contributed by atoms with Crippen molar-refractivity contribution in [2.75, 3.05) is 6.61 Å². The lowest BCUT2D eigenvalue weighted by Crippen LogP contribution is -2.08. The van der Waals surface area contributed by atoms with Crippen LogP contribution in [0, 0.1) is 5.82 Å². The standard InChI is InChI=1S/C29H27FO4/c1-19(2)28(31)33-17-5-6-21-7-9-22(10-8-21)23-11-13-24(14-12-23)26-16-15-25(18-27(26)30)34-29(32)20(3)4/h7-16,18H,1,3,5-6,17H2,2,4H3. The van der Waals surface area contributed by atoms with Crippen molar-refractivity contribution in [2.24, 2.45) is 0 Å². The predicted octanol–water partition coefficient (Wildman–Crippen LogP) is 6.69. The van der Waals surface area contributed by atoms with Crippen molar-refractivity contribution in [1.82, 2.24) is 0 Å². The average molecular weight is 459 g/mol. The third-order valence-corrected chi connectivity index (χ3v) is 5.17. The van der Waals surface area contributed by atoms with Crippen molar-refractivity contribution in [3.05, 3.63) is 102 Å². The van der Waals surface area contributed by atoms with Crippen LogP contribution in [-0.4, -0.2) is 18.5 Å². The zero-order valence-corrected chi connectivity index (χ0v) is 19.4. The zero-order chi connectivity index (χ0) is 24.7. The SMILES string of the molecule is C=C(C)C(=O)OCCCc1ccc(-c2ccc(-c3ccc(OC(=O)C(=C)C)cc3F)cc2)cc1. The Labute approximate surface area is 199 Å². The molecule has 34 heavy (non-hydrogen) atoms. The minimum Gasteiger partial charge on any atom is -0.462 e. The molecule has 0 atom stereocenters. The third-order valence-electron chi connectivity index (χ3n) is 5.17. The van der Waals surface area contributed by atoms with E-state index >= 15 is 0 Å². The lowest BCUT2D eigenvalue weighted by atomic mass is 9.98. The monoisotopic (exact) mass is 458 g/mol. The smallest absolute Gasteiger partial charge is 0.338 e. The van der Waals surface area contributed by atoms with Crippen LogP contribution in [0.2, 0.25) is 0 Å². The Kier molecular flexibility index (Phi) is 8.14. The van der Waals surface area contributed by atoms with Crippen LogP contribution < -0.4 is 4.74 Å². The quantitative estimate of drug-likeness (QED) is 0.155. The molecule has 0 bridgehead atoms. The maximum atomic E-state index is 14.6. The molecule has 0 unspecified atom stereocenters. The first-order chi connectivity index (χ1) is 16.2. The number of esters is 2. The van der Waals surface area contributed by atoms with Gasteiger partial charge in [-0.2, -0.15) is 0 Å². The topological polar surface area (TPSA) is 52.6 Å². The highest BCUT2D eigenvalue weighted by Crippen LogP contribution is 2.29. The van der Waals surface area contributed by atoms with Gasteiger partial charge in [0.05, 0.1) is 6.61 Å². The van der Waals surface area contributed by atoms with Gasteiger partial charge in [0.15, 0.2) is 0 Å². The Hall–Kier alpha value is -3.99. The van der Waals surface area contributed by atoms with Gasteiger partial charge in [-0.1, -0.05) is 61.7 Å². The van der Waals surface area contributed by atoms with Crippen LogP contribution in [0.5, 0.6) is 5.75 Å². The molecule has 174 valence electrons. The summed E-state index contributed by atoms with van der Waals surface area (Å²) in [7, 11) is 0.